The number of nitrogens with zero attached hydrogens (tertiary/aromatic N) is 3. The van der Waals surface area contributed by atoms with Gasteiger partial charge >= 0.3 is 0 Å². The van der Waals surface area contributed by atoms with Gasteiger partial charge in [-0.05, 0) is 42.5 Å². The molecule has 10 rings (SSSR count). The first-order valence-corrected chi connectivity index (χ1v) is 15.8. The van der Waals surface area contributed by atoms with Crippen LogP contribution >= 0.6 is 11.3 Å². The van der Waals surface area contributed by atoms with E-state index in [1.54, 1.807) is 0 Å². The lowest BCUT2D eigenvalue weighted by Gasteiger charge is -2.11. The molecule has 45 heavy (non-hydrogen) atoms. The van der Waals surface area contributed by atoms with Crippen LogP contribution in [0.4, 0.5) is 0 Å². The number of aromatic nitrogens is 3. The van der Waals surface area contributed by atoms with Crippen molar-refractivity contribution in [2.45, 2.75) is 0 Å². The number of para-hydroxylation sites is 2. The fourth-order valence-electron chi connectivity index (χ4n) is 6.80. The standard InChI is InChI=1S/C40H23N3OS/c1-2-10-25(11-3-1)40-41-36(39-37(42-40)29-13-5-8-16-32(29)44-39)24-18-20-26(21-19-24)43-31-15-7-4-12-27(31)28-22-23-34-35(38(28)43)30-14-6-9-17-33(30)45-34/h1-23H. The van der Waals surface area contributed by atoms with E-state index in [0.29, 0.717) is 11.4 Å². The van der Waals surface area contributed by atoms with Crippen molar-refractivity contribution in [1.82, 2.24) is 14.5 Å². The van der Waals surface area contributed by atoms with E-state index >= 15 is 0 Å². The number of benzene rings is 6. The third-order valence-electron chi connectivity index (χ3n) is 8.83. The molecular weight excluding hydrogens is 571 g/mol. The van der Waals surface area contributed by atoms with E-state index in [4.69, 9.17) is 14.4 Å². The Kier molecular flexibility index (Phi) is 5.12. The SMILES string of the molecule is c1ccc(-c2nc(-c3ccc(-n4c5ccccc5c5ccc6sc7ccccc7c6c54)cc3)c3oc4ccccc4c3n2)cc1. The minimum absolute atomic E-state index is 0.683. The molecule has 0 aliphatic heterocycles. The molecule has 0 N–H and O–H groups in total. The summed E-state index contributed by atoms with van der Waals surface area (Å²) in [6.07, 6.45) is 0. The molecule has 10 aromatic rings. The maximum Gasteiger partial charge on any atom is 0.180 e. The van der Waals surface area contributed by atoms with Gasteiger partial charge in [-0.15, -0.1) is 11.3 Å². The number of fused-ring (bicyclic) bond motifs is 10. The van der Waals surface area contributed by atoms with Crippen molar-refractivity contribution in [3.05, 3.63) is 140 Å². The Morgan fingerprint density at radius 3 is 2.13 bits per heavy atom. The van der Waals surface area contributed by atoms with E-state index in [2.05, 4.69) is 95.6 Å². The molecule has 210 valence electrons. The van der Waals surface area contributed by atoms with Gasteiger partial charge in [0, 0.05) is 53.1 Å². The Morgan fingerprint density at radius 2 is 1.27 bits per heavy atom. The Hall–Kier alpha value is -5.78. The average Bonchev–Trinajstić information content (AvgIpc) is 3.78. The molecule has 0 radical (unpaired) electrons. The second-order valence-corrected chi connectivity index (χ2v) is 12.5. The minimum Gasteiger partial charge on any atom is -0.452 e. The average molecular weight is 594 g/mol. The van der Waals surface area contributed by atoms with Gasteiger partial charge in [0.05, 0.1) is 11.0 Å². The molecule has 0 spiro atoms. The van der Waals surface area contributed by atoms with Crippen molar-refractivity contribution in [3.63, 3.8) is 0 Å². The quantitative estimate of drug-likeness (QED) is 0.205. The van der Waals surface area contributed by atoms with Crippen LogP contribution in [0.1, 0.15) is 0 Å². The third kappa shape index (κ3) is 3.59. The predicted molar refractivity (Wildman–Crippen MR) is 187 cm³/mol. The second kappa shape index (κ2) is 9.36. The highest BCUT2D eigenvalue weighted by atomic mass is 32.1. The normalized spacial score (nSPS) is 12.0. The van der Waals surface area contributed by atoms with Gasteiger partial charge in [0.25, 0.3) is 0 Å². The summed E-state index contributed by atoms with van der Waals surface area (Å²) in [5, 5.41) is 6.10. The molecule has 0 bridgehead atoms. The molecule has 0 aliphatic rings. The molecule has 5 heteroatoms. The van der Waals surface area contributed by atoms with Crippen LogP contribution in [0.15, 0.2) is 144 Å². The molecule has 4 nitrogen and oxygen atoms in total. The number of rotatable bonds is 3. The molecule has 0 unspecified atom stereocenters. The molecule has 0 atom stereocenters. The highest BCUT2D eigenvalue weighted by Crippen LogP contribution is 2.43. The van der Waals surface area contributed by atoms with E-state index in [1.807, 2.05) is 59.9 Å². The van der Waals surface area contributed by atoms with Crippen LogP contribution in [0.25, 0.3) is 92.4 Å². The lowest BCUT2D eigenvalue weighted by atomic mass is 10.1. The van der Waals surface area contributed by atoms with E-state index in [1.165, 1.54) is 42.0 Å². The highest BCUT2D eigenvalue weighted by molar-refractivity contribution is 7.26. The van der Waals surface area contributed by atoms with E-state index in [-0.39, 0.29) is 0 Å². The van der Waals surface area contributed by atoms with Gasteiger partial charge in [-0.1, -0.05) is 97.1 Å². The van der Waals surface area contributed by atoms with E-state index < -0.39 is 0 Å². The largest absolute Gasteiger partial charge is 0.452 e. The fourth-order valence-corrected chi connectivity index (χ4v) is 7.91. The van der Waals surface area contributed by atoms with Gasteiger partial charge in [-0.3, -0.25) is 0 Å². The zero-order valence-corrected chi connectivity index (χ0v) is 24.8. The maximum atomic E-state index is 6.40. The van der Waals surface area contributed by atoms with Crippen molar-refractivity contribution in [2.75, 3.05) is 0 Å². The van der Waals surface area contributed by atoms with Crippen molar-refractivity contribution in [3.8, 4) is 28.3 Å². The predicted octanol–water partition coefficient (Wildman–Crippen LogP) is 11.2. The van der Waals surface area contributed by atoms with Crippen LogP contribution in [0.3, 0.4) is 0 Å². The molecule has 4 heterocycles. The number of hydrogen-bond donors (Lipinski definition) is 0. The molecule has 0 saturated carbocycles. The summed E-state index contributed by atoms with van der Waals surface area (Å²) in [5.41, 5.74) is 8.61. The van der Waals surface area contributed by atoms with Gasteiger partial charge in [0.15, 0.2) is 11.4 Å². The van der Waals surface area contributed by atoms with Crippen LogP contribution in [-0.2, 0) is 0 Å². The van der Waals surface area contributed by atoms with Crippen LogP contribution in [0.5, 0.6) is 0 Å². The van der Waals surface area contributed by atoms with Gasteiger partial charge in [0.1, 0.15) is 16.8 Å². The lowest BCUT2D eigenvalue weighted by Crippen LogP contribution is -1.96. The van der Waals surface area contributed by atoms with Crippen molar-refractivity contribution >= 4 is 75.4 Å². The summed E-state index contributed by atoms with van der Waals surface area (Å²) in [7, 11) is 0. The number of hydrogen-bond acceptors (Lipinski definition) is 4. The molecular formula is C40H23N3OS. The first-order valence-electron chi connectivity index (χ1n) is 15.0. The maximum absolute atomic E-state index is 6.40. The monoisotopic (exact) mass is 593 g/mol. The Labute approximate surface area is 261 Å². The summed E-state index contributed by atoms with van der Waals surface area (Å²) < 4.78 is 11.4. The summed E-state index contributed by atoms with van der Waals surface area (Å²) in [6.45, 7) is 0. The van der Waals surface area contributed by atoms with Gasteiger partial charge < -0.3 is 8.98 Å². The first kappa shape index (κ1) is 24.6. The molecule has 0 amide bonds. The molecule has 4 aromatic heterocycles. The summed E-state index contributed by atoms with van der Waals surface area (Å²) in [5.74, 6) is 0.683. The third-order valence-corrected chi connectivity index (χ3v) is 9.96. The van der Waals surface area contributed by atoms with Crippen LogP contribution in [0.2, 0.25) is 0 Å². The zero-order valence-electron chi connectivity index (χ0n) is 23.9. The minimum atomic E-state index is 0.683. The zero-order chi connectivity index (χ0) is 29.5. The van der Waals surface area contributed by atoms with E-state index in [0.717, 1.165) is 39.0 Å². The first-order chi connectivity index (χ1) is 22.3. The van der Waals surface area contributed by atoms with Crippen LogP contribution in [0, 0.1) is 0 Å². The summed E-state index contributed by atoms with van der Waals surface area (Å²) in [6, 6.07) is 48.9. The fraction of sp³-hybridized carbons (Fsp3) is 0. The highest BCUT2D eigenvalue weighted by Gasteiger charge is 2.20. The summed E-state index contributed by atoms with van der Waals surface area (Å²) in [4.78, 5) is 10.1. The van der Waals surface area contributed by atoms with Gasteiger partial charge in [-0.25, -0.2) is 9.97 Å². The van der Waals surface area contributed by atoms with Crippen LogP contribution in [-0.4, -0.2) is 14.5 Å². The lowest BCUT2D eigenvalue weighted by molar-refractivity contribution is 0.667. The van der Waals surface area contributed by atoms with Crippen LogP contribution < -0.4 is 0 Å². The number of furan rings is 1. The molecule has 0 fully saturated rings. The van der Waals surface area contributed by atoms with Crippen molar-refractivity contribution < 1.29 is 4.42 Å². The van der Waals surface area contributed by atoms with Gasteiger partial charge in [-0.2, -0.15) is 0 Å². The van der Waals surface area contributed by atoms with E-state index in [9.17, 15) is 0 Å². The number of thiophene rings is 1. The second-order valence-electron chi connectivity index (χ2n) is 11.4. The summed E-state index contributed by atoms with van der Waals surface area (Å²) >= 11 is 1.85. The molecule has 0 saturated heterocycles. The van der Waals surface area contributed by atoms with Crippen molar-refractivity contribution in [1.29, 1.82) is 0 Å². The van der Waals surface area contributed by atoms with Crippen molar-refractivity contribution in [2.24, 2.45) is 0 Å². The molecule has 6 aromatic carbocycles. The molecule has 0 aliphatic carbocycles. The smallest absolute Gasteiger partial charge is 0.180 e. The van der Waals surface area contributed by atoms with Gasteiger partial charge in [0.2, 0.25) is 0 Å². The Bertz CT molecular complexity index is 2750. The topological polar surface area (TPSA) is 43.9 Å². The Morgan fingerprint density at radius 1 is 0.533 bits per heavy atom. The Balaban J connectivity index is 1.23.